The van der Waals surface area contributed by atoms with Crippen LogP contribution in [0.15, 0.2) is 22.1 Å². The van der Waals surface area contributed by atoms with Gasteiger partial charge in [-0.3, -0.25) is 9.48 Å². The molecule has 4 nitrogen and oxygen atoms in total. The molecule has 0 aliphatic rings. The lowest BCUT2D eigenvalue weighted by Crippen LogP contribution is -2.11. The minimum Gasteiger partial charge on any atom is -0.285 e. The van der Waals surface area contributed by atoms with Crippen LogP contribution in [0.25, 0.3) is 0 Å². The molecule has 0 unspecified atom stereocenters. The average Bonchev–Trinajstić information content (AvgIpc) is 2.84. The van der Waals surface area contributed by atoms with Crippen molar-refractivity contribution in [1.82, 2.24) is 14.2 Å². The third-order valence-electron chi connectivity index (χ3n) is 1.99. The Morgan fingerprint density at radius 1 is 1.67 bits per heavy atom. The molecule has 6 heteroatoms. The highest BCUT2D eigenvalue weighted by Gasteiger charge is 2.18. The van der Waals surface area contributed by atoms with Crippen molar-refractivity contribution in [2.24, 2.45) is 0 Å². The molecule has 0 N–H and O–H groups in total. The van der Waals surface area contributed by atoms with Gasteiger partial charge in [0.25, 0.3) is 0 Å². The molecule has 0 saturated carbocycles. The van der Waals surface area contributed by atoms with Gasteiger partial charge in [-0.05, 0) is 40.5 Å². The normalized spacial score (nSPS) is 10.5. The number of carbonyl (C=O) groups excluding carboxylic acids is 1. The summed E-state index contributed by atoms with van der Waals surface area (Å²) in [5, 5.41) is 5.84. The summed E-state index contributed by atoms with van der Waals surface area (Å²) in [6.45, 7) is 2.62. The van der Waals surface area contributed by atoms with Gasteiger partial charge in [-0.1, -0.05) is 0 Å². The molecular weight excluding hydrogens is 278 g/mol. The number of aryl methyl sites for hydroxylation is 1. The van der Waals surface area contributed by atoms with Crippen LogP contribution in [0.1, 0.15) is 23.1 Å². The van der Waals surface area contributed by atoms with Crippen molar-refractivity contribution < 1.29 is 4.79 Å². The second-order valence-corrected chi connectivity index (χ2v) is 4.36. The molecule has 0 spiro atoms. The zero-order valence-electron chi connectivity index (χ0n) is 7.98. The monoisotopic (exact) mass is 285 g/mol. The maximum absolute atomic E-state index is 12.0. The first kappa shape index (κ1) is 10.5. The molecule has 0 aliphatic carbocycles. The molecule has 0 aliphatic heterocycles. The van der Waals surface area contributed by atoms with Crippen LogP contribution in [0.4, 0.5) is 0 Å². The van der Waals surface area contributed by atoms with Gasteiger partial charge in [0, 0.05) is 18.1 Å². The van der Waals surface area contributed by atoms with E-state index in [1.54, 1.807) is 22.3 Å². The van der Waals surface area contributed by atoms with Crippen LogP contribution in [0, 0.1) is 0 Å². The van der Waals surface area contributed by atoms with Crippen molar-refractivity contribution >= 4 is 33.2 Å². The van der Waals surface area contributed by atoms with Crippen molar-refractivity contribution in [3.8, 4) is 0 Å². The molecule has 15 heavy (non-hydrogen) atoms. The van der Waals surface area contributed by atoms with Gasteiger partial charge in [0.05, 0.1) is 4.47 Å². The van der Waals surface area contributed by atoms with Crippen LogP contribution < -0.4 is 0 Å². The standard InChI is InChI=1S/C9H8BrN3OS/c1-2-13-7(3-4-11-13)9(14)8-6(10)5-15-12-8/h3-5H,2H2,1H3. The molecule has 2 rings (SSSR count). The molecule has 0 saturated heterocycles. The van der Waals surface area contributed by atoms with Gasteiger partial charge in [0.2, 0.25) is 5.78 Å². The van der Waals surface area contributed by atoms with E-state index in [4.69, 9.17) is 0 Å². The third kappa shape index (κ3) is 1.87. The van der Waals surface area contributed by atoms with E-state index in [0.717, 1.165) is 4.47 Å². The third-order valence-corrected chi connectivity index (χ3v) is 3.53. The van der Waals surface area contributed by atoms with Gasteiger partial charge in [0.1, 0.15) is 11.4 Å². The smallest absolute Gasteiger partial charge is 0.231 e. The molecule has 0 aromatic carbocycles. The minimum absolute atomic E-state index is 0.0949. The molecule has 0 fully saturated rings. The molecular formula is C9H8BrN3OS. The van der Waals surface area contributed by atoms with Crippen molar-refractivity contribution in [1.29, 1.82) is 0 Å². The molecule has 2 heterocycles. The van der Waals surface area contributed by atoms with E-state index in [9.17, 15) is 4.79 Å². The molecule has 2 aromatic rings. The summed E-state index contributed by atoms with van der Waals surface area (Å²) in [4.78, 5) is 12.0. The van der Waals surface area contributed by atoms with Crippen LogP contribution in [-0.2, 0) is 6.54 Å². The Bertz CT molecular complexity index is 491. The van der Waals surface area contributed by atoms with Crippen LogP contribution >= 0.6 is 27.5 Å². The largest absolute Gasteiger partial charge is 0.285 e. The second-order valence-electron chi connectivity index (χ2n) is 2.87. The fourth-order valence-corrected chi connectivity index (χ4v) is 2.45. The quantitative estimate of drug-likeness (QED) is 0.814. The number of halogens is 1. The fourth-order valence-electron chi connectivity index (χ4n) is 1.27. The van der Waals surface area contributed by atoms with Crippen molar-refractivity contribution in [2.75, 3.05) is 0 Å². The first-order valence-corrected chi connectivity index (χ1v) is 6.03. The Hall–Kier alpha value is -1.01. The minimum atomic E-state index is -0.0949. The van der Waals surface area contributed by atoms with E-state index in [2.05, 4.69) is 25.4 Å². The van der Waals surface area contributed by atoms with E-state index >= 15 is 0 Å². The highest BCUT2D eigenvalue weighted by atomic mass is 79.9. The maximum atomic E-state index is 12.0. The van der Waals surface area contributed by atoms with E-state index in [0.29, 0.717) is 17.9 Å². The Morgan fingerprint density at radius 3 is 3.07 bits per heavy atom. The second kappa shape index (κ2) is 4.24. The Balaban J connectivity index is 2.41. The lowest BCUT2D eigenvalue weighted by molar-refractivity contribution is 0.102. The number of hydrogen-bond donors (Lipinski definition) is 0. The van der Waals surface area contributed by atoms with Crippen molar-refractivity contribution in [3.05, 3.63) is 33.5 Å². The zero-order chi connectivity index (χ0) is 10.8. The van der Waals surface area contributed by atoms with E-state index in [-0.39, 0.29) is 5.78 Å². The van der Waals surface area contributed by atoms with Gasteiger partial charge in [-0.2, -0.15) is 9.47 Å². The Morgan fingerprint density at radius 2 is 2.47 bits per heavy atom. The summed E-state index contributed by atoms with van der Waals surface area (Å²) in [5.41, 5.74) is 1.03. The molecule has 0 radical (unpaired) electrons. The number of nitrogens with zero attached hydrogens (tertiary/aromatic N) is 3. The molecule has 0 atom stereocenters. The number of rotatable bonds is 3. The summed E-state index contributed by atoms with van der Waals surface area (Å²) in [5.74, 6) is -0.0949. The molecule has 0 bridgehead atoms. The number of carbonyl (C=O) groups is 1. The topological polar surface area (TPSA) is 47.8 Å². The summed E-state index contributed by atoms with van der Waals surface area (Å²) < 4.78 is 6.45. The van der Waals surface area contributed by atoms with Gasteiger partial charge in [-0.15, -0.1) is 0 Å². The summed E-state index contributed by atoms with van der Waals surface area (Å²) >= 11 is 4.55. The first-order chi connectivity index (χ1) is 7.24. The number of aromatic nitrogens is 3. The molecule has 2 aromatic heterocycles. The predicted molar refractivity (Wildman–Crippen MR) is 61.1 cm³/mol. The highest BCUT2D eigenvalue weighted by Crippen LogP contribution is 2.20. The average molecular weight is 286 g/mol. The number of ketones is 1. The van der Waals surface area contributed by atoms with Gasteiger partial charge in [-0.25, -0.2) is 0 Å². The Labute approximate surface area is 99.2 Å². The van der Waals surface area contributed by atoms with Gasteiger partial charge < -0.3 is 0 Å². The van der Waals surface area contributed by atoms with Gasteiger partial charge in [0.15, 0.2) is 0 Å². The van der Waals surface area contributed by atoms with Gasteiger partial charge >= 0.3 is 0 Å². The van der Waals surface area contributed by atoms with Crippen LogP contribution in [0.3, 0.4) is 0 Å². The van der Waals surface area contributed by atoms with E-state index < -0.39 is 0 Å². The summed E-state index contributed by atoms with van der Waals surface area (Å²) in [7, 11) is 0. The van der Waals surface area contributed by atoms with E-state index in [1.807, 2.05) is 6.92 Å². The van der Waals surface area contributed by atoms with Crippen molar-refractivity contribution in [3.63, 3.8) is 0 Å². The summed E-state index contributed by atoms with van der Waals surface area (Å²) in [6, 6.07) is 1.71. The zero-order valence-corrected chi connectivity index (χ0v) is 10.4. The fraction of sp³-hybridized carbons (Fsp3) is 0.222. The first-order valence-electron chi connectivity index (χ1n) is 4.40. The molecule has 0 amide bonds. The number of hydrogen-bond acceptors (Lipinski definition) is 4. The predicted octanol–water partition coefficient (Wildman–Crippen LogP) is 2.35. The lowest BCUT2D eigenvalue weighted by Gasteiger charge is -2.01. The van der Waals surface area contributed by atoms with Crippen LogP contribution in [0.5, 0.6) is 0 Å². The Kier molecular flexibility index (Phi) is 2.97. The lowest BCUT2D eigenvalue weighted by atomic mass is 10.2. The maximum Gasteiger partial charge on any atom is 0.231 e. The van der Waals surface area contributed by atoms with Crippen LogP contribution in [0.2, 0.25) is 0 Å². The van der Waals surface area contributed by atoms with E-state index in [1.165, 1.54) is 11.5 Å². The van der Waals surface area contributed by atoms with Crippen LogP contribution in [-0.4, -0.2) is 19.9 Å². The highest BCUT2D eigenvalue weighted by molar-refractivity contribution is 9.10. The SMILES string of the molecule is CCn1nccc1C(=O)c1nscc1Br. The van der Waals surface area contributed by atoms with Crippen molar-refractivity contribution in [2.45, 2.75) is 13.5 Å². The molecule has 78 valence electrons. The summed E-state index contributed by atoms with van der Waals surface area (Å²) in [6.07, 6.45) is 1.62.